The van der Waals surface area contributed by atoms with Gasteiger partial charge in [-0.05, 0) is 18.9 Å². The van der Waals surface area contributed by atoms with E-state index in [1.807, 2.05) is 16.7 Å². The molecule has 0 bridgehead atoms. The molecule has 0 unspecified atom stereocenters. The summed E-state index contributed by atoms with van der Waals surface area (Å²) in [6, 6.07) is 3.75. The first-order chi connectivity index (χ1) is 8.24. The van der Waals surface area contributed by atoms with Crippen molar-refractivity contribution < 1.29 is 19.4 Å². The molecule has 17 heavy (non-hydrogen) atoms. The molecule has 92 valence electrons. The minimum absolute atomic E-state index is 0.508. The highest BCUT2D eigenvalue weighted by Crippen LogP contribution is 2.38. The van der Waals surface area contributed by atoms with Crippen molar-refractivity contribution in [1.82, 2.24) is 4.57 Å². The fourth-order valence-corrected chi connectivity index (χ4v) is 2.76. The highest BCUT2D eigenvalue weighted by molar-refractivity contribution is 5.81. The van der Waals surface area contributed by atoms with Crippen molar-refractivity contribution in [3.63, 3.8) is 0 Å². The molecule has 2 aliphatic heterocycles. The number of aliphatic carboxylic acids is 1. The Balaban J connectivity index is 2.06. The molecule has 0 radical (unpaired) electrons. The Morgan fingerprint density at radius 2 is 2.06 bits per heavy atom. The van der Waals surface area contributed by atoms with Crippen molar-refractivity contribution in [2.24, 2.45) is 0 Å². The minimum atomic E-state index is -0.801. The van der Waals surface area contributed by atoms with E-state index in [9.17, 15) is 9.90 Å². The van der Waals surface area contributed by atoms with Crippen LogP contribution < -0.4 is 4.74 Å². The Hall–Kier alpha value is -1.49. The van der Waals surface area contributed by atoms with Crippen LogP contribution in [-0.2, 0) is 21.5 Å². The van der Waals surface area contributed by atoms with Crippen LogP contribution in [0.4, 0.5) is 0 Å². The highest BCUT2D eigenvalue weighted by atomic mass is 16.5. The van der Waals surface area contributed by atoms with E-state index in [-0.39, 0.29) is 0 Å². The van der Waals surface area contributed by atoms with Gasteiger partial charge in [-0.25, -0.2) is 0 Å². The molecule has 0 aromatic carbocycles. The van der Waals surface area contributed by atoms with E-state index in [0.717, 1.165) is 18.1 Å². The third-order valence-electron chi connectivity index (χ3n) is 3.75. The molecule has 2 aliphatic rings. The van der Waals surface area contributed by atoms with Crippen LogP contribution in [0.1, 0.15) is 18.5 Å². The topological polar surface area (TPSA) is 60.7 Å². The summed E-state index contributed by atoms with van der Waals surface area (Å²) >= 11 is 0. The van der Waals surface area contributed by atoms with Crippen molar-refractivity contribution in [2.75, 3.05) is 19.8 Å². The van der Waals surface area contributed by atoms with Gasteiger partial charge in [-0.15, -0.1) is 0 Å². The fourth-order valence-electron chi connectivity index (χ4n) is 2.76. The molecule has 0 saturated carbocycles. The first kappa shape index (κ1) is 10.7. The zero-order valence-electron chi connectivity index (χ0n) is 9.52. The van der Waals surface area contributed by atoms with Gasteiger partial charge in [0.25, 0.3) is 0 Å². The van der Waals surface area contributed by atoms with Crippen molar-refractivity contribution in [3.05, 3.63) is 17.8 Å². The summed E-state index contributed by atoms with van der Waals surface area (Å²) in [7, 11) is 0. The van der Waals surface area contributed by atoms with Gasteiger partial charge >= 0.3 is 5.97 Å². The number of hydrogen-bond donors (Lipinski definition) is 1. The summed E-state index contributed by atoms with van der Waals surface area (Å²) in [6.07, 6.45) is 1.07. The lowest BCUT2D eigenvalue weighted by Crippen LogP contribution is -2.42. The van der Waals surface area contributed by atoms with Gasteiger partial charge in [0, 0.05) is 25.0 Å². The van der Waals surface area contributed by atoms with E-state index in [2.05, 4.69) is 0 Å². The number of carboxylic acid groups (broad SMARTS) is 1. The number of carboxylic acids is 1. The van der Waals surface area contributed by atoms with Gasteiger partial charge in [-0.3, -0.25) is 4.79 Å². The second-order valence-electron chi connectivity index (χ2n) is 4.56. The van der Waals surface area contributed by atoms with Gasteiger partial charge < -0.3 is 19.1 Å². The molecule has 0 atom stereocenters. The number of aromatic nitrogens is 1. The molecule has 1 N–H and O–H groups in total. The SMILES string of the molecule is O=C(O)C1(c2ccc3n2CCO3)CCOCC1. The van der Waals surface area contributed by atoms with Crippen molar-refractivity contribution >= 4 is 5.97 Å². The lowest BCUT2D eigenvalue weighted by atomic mass is 9.77. The molecule has 3 heterocycles. The van der Waals surface area contributed by atoms with E-state index in [0.29, 0.717) is 32.7 Å². The third-order valence-corrected chi connectivity index (χ3v) is 3.75. The monoisotopic (exact) mass is 237 g/mol. The standard InChI is InChI=1S/C12H15NO4/c14-11(15)12(3-6-16-7-4-12)9-1-2-10-13(9)5-8-17-10/h1-2H,3-8H2,(H,14,15). The van der Waals surface area contributed by atoms with Gasteiger partial charge in [0.2, 0.25) is 0 Å². The predicted octanol–water partition coefficient (Wildman–Crippen LogP) is 1.01. The zero-order chi connectivity index (χ0) is 11.9. The highest BCUT2D eigenvalue weighted by Gasteiger charge is 2.45. The van der Waals surface area contributed by atoms with Crippen molar-refractivity contribution in [1.29, 1.82) is 0 Å². The van der Waals surface area contributed by atoms with Gasteiger partial charge in [-0.2, -0.15) is 0 Å². The summed E-state index contributed by atoms with van der Waals surface area (Å²) in [6.45, 7) is 2.39. The fraction of sp³-hybridized carbons (Fsp3) is 0.583. The second-order valence-corrected chi connectivity index (χ2v) is 4.56. The Bertz CT molecular complexity index is 445. The maximum absolute atomic E-state index is 11.7. The molecule has 5 heteroatoms. The van der Waals surface area contributed by atoms with Crippen LogP contribution >= 0.6 is 0 Å². The van der Waals surface area contributed by atoms with Crippen LogP contribution in [0.25, 0.3) is 0 Å². The van der Waals surface area contributed by atoms with Crippen LogP contribution in [0.3, 0.4) is 0 Å². The van der Waals surface area contributed by atoms with Crippen LogP contribution in [-0.4, -0.2) is 35.5 Å². The summed E-state index contributed by atoms with van der Waals surface area (Å²) in [5.74, 6) is 0.0284. The molecular formula is C12H15NO4. The molecule has 0 aliphatic carbocycles. The van der Waals surface area contributed by atoms with E-state index < -0.39 is 11.4 Å². The predicted molar refractivity (Wildman–Crippen MR) is 59.3 cm³/mol. The maximum Gasteiger partial charge on any atom is 0.315 e. The Kier molecular flexibility index (Phi) is 2.36. The number of hydrogen-bond acceptors (Lipinski definition) is 3. The average Bonchev–Trinajstić information content (AvgIpc) is 2.91. The molecule has 1 saturated heterocycles. The summed E-state index contributed by atoms with van der Waals surface area (Å²) in [5.41, 5.74) is 0.0605. The number of ether oxygens (including phenoxy) is 2. The first-order valence-corrected chi connectivity index (χ1v) is 5.88. The van der Waals surface area contributed by atoms with Gasteiger partial charge in [0.1, 0.15) is 12.0 Å². The Labute approximate surface area is 98.9 Å². The average molecular weight is 237 g/mol. The van der Waals surface area contributed by atoms with Gasteiger partial charge in [0.15, 0.2) is 5.88 Å². The van der Waals surface area contributed by atoms with Crippen molar-refractivity contribution in [3.8, 4) is 5.88 Å². The lowest BCUT2D eigenvalue weighted by Gasteiger charge is -2.33. The van der Waals surface area contributed by atoms with Gasteiger partial charge in [0.05, 0.1) is 6.54 Å². The molecule has 1 aromatic rings. The summed E-state index contributed by atoms with van der Waals surface area (Å²) in [4.78, 5) is 11.7. The number of fused-ring (bicyclic) bond motifs is 1. The molecule has 1 aromatic heterocycles. The van der Waals surface area contributed by atoms with E-state index in [4.69, 9.17) is 9.47 Å². The molecular weight excluding hydrogens is 222 g/mol. The van der Waals surface area contributed by atoms with E-state index >= 15 is 0 Å². The normalized spacial score (nSPS) is 21.9. The van der Waals surface area contributed by atoms with Crippen LogP contribution in [0, 0.1) is 0 Å². The van der Waals surface area contributed by atoms with Crippen molar-refractivity contribution in [2.45, 2.75) is 24.8 Å². The first-order valence-electron chi connectivity index (χ1n) is 5.88. The molecule has 3 rings (SSSR count). The molecule has 0 spiro atoms. The summed E-state index contributed by atoms with van der Waals surface area (Å²) in [5, 5.41) is 9.58. The molecule has 1 fully saturated rings. The zero-order valence-corrected chi connectivity index (χ0v) is 9.52. The third kappa shape index (κ3) is 1.45. The molecule has 0 amide bonds. The molecule has 5 nitrogen and oxygen atoms in total. The number of nitrogens with zero attached hydrogens (tertiary/aromatic N) is 1. The van der Waals surface area contributed by atoms with Crippen LogP contribution in [0.2, 0.25) is 0 Å². The van der Waals surface area contributed by atoms with Crippen LogP contribution in [0.15, 0.2) is 12.1 Å². The van der Waals surface area contributed by atoms with Gasteiger partial charge in [-0.1, -0.05) is 0 Å². The number of rotatable bonds is 2. The largest absolute Gasteiger partial charge is 0.481 e. The van der Waals surface area contributed by atoms with E-state index in [1.54, 1.807) is 0 Å². The van der Waals surface area contributed by atoms with E-state index in [1.165, 1.54) is 0 Å². The minimum Gasteiger partial charge on any atom is -0.481 e. The smallest absolute Gasteiger partial charge is 0.315 e. The number of carbonyl (C=O) groups is 1. The lowest BCUT2D eigenvalue weighted by molar-refractivity contribution is -0.148. The Morgan fingerprint density at radius 1 is 1.29 bits per heavy atom. The second kappa shape index (κ2) is 3.77. The quantitative estimate of drug-likeness (QED) is 0.834. The maximum atomic E-state index is 11.7. The Morgan fingerprint density at radius 3 is 2.76 bits per heavy atom. The summed E-state index contributed by atoms with van der Waals surface area (Å²) < 4.78 is 12.7. The van der Waals surface area contributed by atoms with Crippen LogP contribution in [0.5, 0.6) is 5.88 Å².